The molecule has 1 saturated heterocycles. The molecule has 0 radical (unpaired) electrons. The molecule has 0 unspecified atom stereocenters. The maximum Gasteiger partial charge on any atom is 0.328 e. The van der Waals surface area contributed by atoms with Gasteiger partial charge in [-0.25, -0.2) is 9.59 Å². The van der Waals surface area contributed by atoms with E-state index in [0.717, 1.165) is 37.6 Å². The van der Waals surface area contributed by atoms with E-state index in [1.807, 2.05) is 12.3 Å². The number of pyridine rings is 1. The molecule has 1 aromatic heterocycles. The maximum absolute atomic E-state index is 9.55. The van der Waals surface area contributed by atoms with E-state index in [1.54, 1.807) is 6.20 Å². The molecule has 0 spiro atoms. The Balaban J connectivity index is 0.000000307. The van der Waals surface area contributed by atoms with Gasteiger partial charge in [0.15, 0.2) is 0 Å². The van der Waals surface area contributed by atoms with Crippen molar-refractivity contribution in [1.29, 1.82) is 0 Å². The fourth-order valence-electron chi connectivity index (χ4n) is 1.95. The number of piperazine rings is 1. The Hall–Kier alpha value is -2.87. The van der Waals surface area contributed by atoms with Crippen molar-refractivity contribution in [2.75, 3.05) is 38.1 Å². The van der Waals surface area contributed by atoms with Crippen LogP contribution in [0.4, 0.5) is 5.69 Å². The highest BCUT2D eigenvalue weighted by atomic mass is 16.5. The minimum Gasteiger partial charge on any atom is -0.478 e. The van der Waals surface area contributed by atoms with Crippen molar-refractivity contribution >= 4 is 17.6 Å². The van der Waals surface area contributed by atoms with Crippen molar-refractivity contribution in [3.63, 3.8) is 0 Å². The molecule has 0 saturated carbocycles. The molecule has 24 heavy (non-hydrogen) atoms. The van der Waals surface area contributed by atoms with Crippen LogP contribution < -0.4 is 9.64 Å². The van der Waals surface area contributed by atoms with E-state index in [4.69, 9.17) is 14.9 Å². The lowest BCUT2D eigenvalue weighted by Gasteiger charge is -2.33. The lowest BCUT2D eigenvalue weighted by Crippen LogP contribution is -2.44. The SMILES string of the molecule is C=COc1cncc(N2CCN(C)CC2)c1.O=C(O)/C=C/C(=O)O. The van der Waals surface area contributed by atoms with E-state index in [9.17, 15) is 9.59 Å². The van der Waals surface area contributed by atoms with Crippen LogP contribution in [0.2, 0.25) is 0 Å². The second-order valence-electron chi connectivity index (χ2n) is 4.96. The standard InChI is InChI=1S/C12H17N3O.C4H4O4/c1-3-16-12-8-11(9-13-10-12)15-6-4-14(2)5-7-15;5-3(6)1-2-4(7)8/h3,8-10H,1,4-7H2,2H3;1-2H,(H,5,6)(H,7,8)/b;2-1+. The molecule has 1 aromatic rings. The van der Waals surface area contributed by atoms with E-state index in [-0.39, 0.29) is 0 Å². The molecule has 0 atom stereocenters. The summed E-state index contributed by atoms with van der Waals surface area (Å²) in [5, 5.41) is 15.6. The molecule has 130 valence electrons. The number of nitrogens with zero attached hydrogens (tertiary/aromatic N) is 3. The summed E-state index contributed by atoms with van der Waals surface area (Å²) in [6.45, 7) is 7.79. The minimum absolute atomic E-state index is 0.558. The number of hydrogen-bond acceptors (Lipinski definition) is 6. The predicted octanol–water partition coefficient (Wildman–Crippen LogP) is 1.07. The second-order valence-corrected chi connectivity index (χ2v) is 4.96. The predicted molar refractivity (Wildman–Crippen MR) is 89.2 cm³/mol. The molecule has 1 fully saturated rings. The number of hydrogen-bond donors (Lipinski definition) is 2. The van der Waals surface area contributed by atoms with E-state index >= 15 is 0 Å². The van der Waals surface area contributed by atoms with Crippen LogP contribution in [0.3, 0.4) is 0 Å². The van der Waals surface area contributed by atoms with Gasteiger partial charge in [0.1, 0.15) is 5.75 Å². The number of likely N-dealkylation sites (N-methyl/N-ethyl adjacent to an activating group) is 1. The topological polar surface area (TPSA) is 103 Å². The summed E-state index contributed by atoms with van der Waals surface area (Å²) in [5.74, 6) is -1.77. The average molecular weight is 335 g/mol. The third-order valence-corrected chi connectivity index (χ3v) is 3.16. The van der Waals surface area contributed by atoms with Gasteiger partial charge in [-0.2, -0.15) is 0 Å². The third kappa shape index (κ3) is 7.41. The van der Waals surface area contributed by atoms with Crippen molar-refractivity contribution < 1.29 is 24.5 Å². The second kappa shape index (κ2) is 10.0. The van der Waals surface area contributed by atoms with Gasteiger partial charge >= 0.3 is 11.9 Å². The molecule has 8 nitrogen and oxygen atoms in total. The highest BCUT2D eigenvalue weighted by molar-refractivity contribution is 5.89. The third-order valence-electron chi connectivity index (χ3n) is 3.16. The molecule has 8 heteroatoms. The number of carbonyl (C=O) groups is 2. The lowest BCUT2D eigenvalue weighted by molar-refractivity contribution is -0.134. The Labute approximate surface area is 140 Å². The van der Waals surface area contributed by atoms with Crippen molar-refractivity contribution in [2.45, 2.75) is 0 Å². The number of carboxylic acids is 2. The van der Waals surface area contributed by atoms with Gasteiger partial charge < -0.3 is 24.7 Å². The lowest BCUT2D eigenvalue weighted by atomic mass is 10.3. The van der Waals surface area contributed by atoms with Crippen LogP contribution in [0.15, 0.2) is 43.5 Å². The van der Waals surface area contributed by atoms with Crippen LogP contribution >= 0.6 is 0 Å². The number of aliphatic carboxylic acids is 2. The quantitative estimate of drug-likeness (QED) is 0.608. The summed E-state index contributed by atoms with van der Waals surface area (Å²) >= 11 is 0. The van der Waals surface area contributed by atoms with Gasteiger partial charge in [0, 0.05) is 44.4 Å². The summed E-state index contributed by atoms with van der Waals surface area (Å²) in [6.07, 6.45) is 6.11. The summed E-state index contributed by atoms with van der Waals surface area (Å²) in [7, 11) is 2.15. The molecule has 2 N–H and O–H groups in total. The number of ether oxygens (including phenoxy) is 1. The molecule has 0 bridgehead atoms. The number of anilines is 1. The summed E-state index contributed by atoms with van der Waals surface area (Å²) in [6, 6.07) is 2.00. The first-order valence-electron chi connectivity index (χ1n) is 7.22. The fourth-order valence-corrected chi connectivity index (χ4v) is 1.95. The maximum atomic E-state index is 9.55. The molecule has 1 aliphatic heterocycles. The van der Waals surface area contributed by atoms with Crippen molar-refractivity contribution in [3.8, 4) is 5.75 Å². The smallest absolute Gasteiger partial charge is 0.328 e. The van der Waals surface area contributed by atoms with Crippen LogP contribution in [0, 0.1) is 0 Å². The van der Waals surface area contributed by atoms with Crippen LogP contribution in [-0.2, 0) is 9.59 Å². The fraction of sp³-hybridized carbons (Fsp3) is 0.312. The van der Waals surface area contributed by atoms with Gasteiger partial charge in [-0.1, -0.05) is 6.58 Å². The molecular formula is C16H21N3O5. The molecule has 0 aromatic carbocycles. The van der Waals surface area contributed by atoms with E-state index in [1.165, 1.54) is 6.26 Å². The van der Waals surface area contributed by atoms with Crippen LogP contribution in [-0.4, -0.2) is 65.3 Å². The Bertz CT molecular complexity index is 579. The Morgan fingerprint density at radius 3 is 2.25 bits per heavy atom. The number of aromatic nitrogens is 1. The van der Waals surface area contributed by atoms with Crippen LogP contribution in [0.1, 0.15) is 0 Å². The number of rotatable bonds is 5. The minimum atomic E-state index is -1.26. The monoisotopic (exact) mass is 335 g/mol. The van der Waals surface area contributed by atoms with E-state index in [2.05, 4.69) is 28.4 Å². The first kappa shape index (κ1) is 19.2. The highest BCUT2D eigenvalue weighted by Gasteiger charge is 2.14. The van der Waals surface area contributed by atoms with Gasteiger partial charge in [0.2, 0.25) is 0 Å². The molecule has 2 heterocycles. The highest BCUT2D eigenvalue weighted by Crippen LogP contribution is 2.20. The largest absolute Gasteiger partial charge is 0.478 e. The van der Waals surface area contributed by atoms with Gasteiger partial charge in [-0.3, -0.25) is 4.98 Å². The normalized spacial score (nSPS) is 14.6. The van der Waals surface area contributed by atoms with Crippen molar-refractivity contribution in [1.82, 2.24) is 9.88 Å². The van der Waals surface area contributed by atoms with Gasteiger partial charge in [-0.05, 0) is 7.05 Å². The first-order valence-corrected chi connectivity index (χ1v) is 7.22. The van der Waals surface area contributed by atoms with E-state index in [0.29, 0.717) is 12.2 Å². The van der Waals surface area contributed by atoms with Gasteiger partial charge in [0.25, 0.3) is 0 Å². The Morgan fingerprint density at radius 1 is 1.17 bits per heavy atom. The van der Waals surface area contributed by atoms with Gasteiger partial charge in [0.05, 0.1) is 24.3 Å². The summed E-state index contributed by atoms with van der Waals surface area (Å²) in [4.78, 5) is 27.9. The molecular weight excluding hydrogens is 314 g/mol. The van der Waals surface area contributed by atoms with Crippen LogP contribution in [0.5, 0.6) is 5.75 Å². The van der Waals surface area contributed by atoms with Crippen molar-refractivity contribution in [3.05, 3.63) is 43.5 Å². The Morgan fingerprint density at radius 2 is 1.75 bits per heavy atom. The summed E-state index contributed by atoms with van der Waals surface area (Å²) < 4.78 is 5.22. The molecule has 0 aliphatic carbocycles. The van der Waals surface area contributed by atoms with Crippen LogP contribution in [0.25, 0.3) is 0 Å². The molecule has 0 amide bonds. The van der Waals surface area contributed by atoms with Crippen molar-refractivity contribution in [2.24, 2.45) is 0 Å². The first-order chi connectivity index (χ1) is 11.4. The zero-order chi connectivity index (χ0) is 17.9. The zero-order valence-electron chi connectivity index (χ0n) is 13.5. The molecule has 2 rings (SSSR count). The van der Waals surface area contributed by atoms with E-state index < -0.39 is 11.9 Å². The Kier molecular flexibility index (Phi) is 8.00. The average Bonchev–Trinajstić information content (AvgIpc) is 2.55. The zero-order valence-corrected chi connectivity index (χ0v) is 13.5. The van der Waals surface area contributed by atoms with Gasteiger partial charge in [-0.15, -0.1) is 0 Å². The molecule has 1 aliphatic rings. The number of carboxylic acid groups (broad SMARTS) is 2. The summed E-state index contributed by atoms with van der Waals surface area (Å²) in [5.41, 5.74) is 1.12.